The van der Waals surface area contributed by atoms with Gasteiger partial charge in [-0.3, -0.25) is 14.6 Å². The van der Waals surface area contributed by atoms with Crippen LogP contribution in [0.15, 0.2) is 72.9 Å². The highest BCUT2D eigenvalue weighted by molar-refractivity contribution is 6.22. The van der Waals surface area contributed by atoms with Gasteiger partial charge in [0, 0.05) is 11.9 Å². The van der Waals surface area contributed by atoms with E-state index < -0.39 is 29.9 Å². The Balaban J connectivity index is 1.56. The van der Waals surface area contributed by atoms with Crippen LogP contribution in [0, 0.1) is 0 Å². The molecule has 1 fully saturated rings. The lowest BCUT2D eigenvalue weighted by atomic mass is 10.1. The summed E-state index contributed by atoms with van der Waals surface area (Å²) < 4.78 is 10.5. The van der Waals surface area contributed by atoms with E-state index in [4.69, 9.17) is 9.47 Å². The molecule has 4 rings (SSSR count). The van der Waals surface area contributed by atoms with Gasteiger partial charge in [-0.2, -0.15) is 0 Å². The highest BCUT2D eigenvalue weighted by Crippen LogP contribution is 2.29. The van der Waals surface area contributed by atoms with Gasteiger partial charge in [-0.05, 0) is 68.4 Å². The second-order valence-corrected chi connectivity index (χ2v) is 8.40. The Kier molecular flexibility index (Phi) is 8.32. The van der Waals surface area contributed by atoms with Crippen LogP contribution in [0.3, 0.4) is 0 Å². The van der Waals surface area contributed by atoms with Crippen molar-refractivity contribution in [2.75, 3.05) is 23.4 Å². The maximum atomic E-state index is 13.5. The summed E-state index contributed by atoms with van der Waals surface area (Å²) in [5.41, 5.74) is 1.61. The summed E-state index contributed by atoms with van der Waals surface area (Å²) in [7, 11) is 0. The minimum atomic E-state index is -1.05. The first-order chi connectivity index (χ1) is 18.4. The predicted molar refractivity (Wildman–Crippen MR) is 140 cm³/mol. The molecule has 2 aromatic carbocycles. The topological polar surface area (TPSA) is 118 Å². The Morgan fingerprint density at radius 2 is 1.76 bits per heavy atom. The number of benzene rings is 2. The number of carbonyl (C=O) groups excluding carboxylic acids is 4. The van der Waals surface area contributed by atoms with Crippen LogP contribution in [0.25, 0.3) is 0 Å². The zero-order valence-electron chi connectivity index (χ0n) is 21.1. The van der Waals surface area contributed by atoms with Crippen molar-refractivity contribution in [2.45, 2.75) is 32.9 Å². The summed E-state index contributed by atoms with van der Waals surface area (Å²) in [6.45, 7) is 4.33. The minimum absolute atomic E-state index is 0.0508. The molecular weight excluding hydrogens is 488 g/mol. The number of nitrogens with zero attached hydrogens (tertiary/aromatic N) is 3. The molecule has 2 heterocycles. The van der Waals surface area contributed by atoms with Crippen LogP contribution in [0.5, 0.6) is 5.75 Å². The number of aromatic nitrogens is 1. The quantitative estimate of drug-likeness (QED) is 0.319. The van der Waals surface area contributed by atoms with Crippen molar-refractivity contribution >= 4 is 35.2 Å². The fraction of sp³-hybridized carbons (Fsp3) is 0.250. The van der Waals surface area contributed by atoms with Gasteiger partial charge < -0.3 is 19.7 Å². The molecule has 10 nitrogen and oxygen atoms in total. The molecule has 4 amide bonds. The summed E-state index contributed by atoms with van der Waals surface area (Å²) in [4.78, 5) is 58.7. The van der Waals surface area contributed by atoms with Crippen molar-refractivity contribution < 1.29 is 28.7 Å². The Morgan fingerprint density at radius 3 is 2.45 bits per heavy atom. The van der Waals surface area contributed by atoms with E-state index in [2.05, 4.69) is 10.3 Å². The number of nitrogens with one attached hydrogen (secondary N) is 1. The lowest BCUT2D eigenvalue weighted by molar-refractivity contribution is -0.124. The lowest BCUT2D eigenvalue weighted by Gasteiger charge is -2.21. The molecule has 1 saturated heterocycles. The number of esters is 1. The summed E-state index contributed by atoms with van der Waals surface area (Å²) in [6.07, 6.45) is 1.31. The minimum Gasteiger partial charge on any atom is -0.494 e. The van der Waals surface area contributed by atoms with Gasteiger partial charge >= 0.3 is 12.0 Å². The smallest absolute Gasteiger partial charge is 0.338 e. The Hall–Kier alpha value is -4.73. The van der Waals surface area contributed by atoms with E-state index >= 15 is 0 Å². The number of rotatable bonds is 10. The van der Waals surface area contributed by atoms with Gasteiger partial charge in [0.2, 0.25) is 5.91 Å². The van der Waals surface area contributed by atoms with E-state index in [0.29, 0.717) is 29.4 Å². The summed E-state index contributed by atoms with van der Waals surface area (Å²) >= 11 is 0. The van der Waals surface area contributed by atoms with E-state index in [-0.39, 0.29) is 25.1 Å². The van der Waals surface area contributed by atoms with Gasteiger partial charge in [-0.15, -0.1) is 0 Å². The molecule has 3 aromatic rings. The largest absolute Gasteiger partial charge is 0.494 e. The van der Waals surface area contributed by atoms with Crippen LogP contribution in [0.1, 0.15) is 36.3 Å². The number of pyridine rings is 1. The standard InChI is InChI=1S/C28H28N4O6/c1-3-37-23-13-11-22(12-14-23)32-26(34)24(31(28(32)36)18-21-9-5-6-15-29-21)17-25(33)30-20-10-7-8-19(16-20)27(35)38-4-2/h5-16,24H,3-4,17-18H2,1-2H3,(H,30,33)/t24-/m0/s1. The van der Waals surface area contributed by atoms with Crippen LogP contribution in [-0.2, 0) is 20.9 Å². The molecule has 0 aliphatic carbocycles. The Bertz CT molecular complexity index is 1310. The average Bonchev–Trinajstić information content (AvgIpc) is 3.14. The Morgan fingerprint density at radius 1 is 0.974 bits per heavy atom. The third-order valence-corrected chi connectivity index (χ3v) is 5.82. The lowest BCUT2D eigenvalue weighted by Crippen LogP contribution is -2.37. The van der Waals surface area contributed by atoms with Gasteiger partial charge in [0.25, 0.3) is 5.91 Å². The molecule has 38 heavy (non-hydrogen) atoms. The molecule has 0 spiro atoms. The van der Waals surface area contributed by atoms with Crippen molar-refractivity contribution in [3.63, 3.8) is 0 Å². The number of imide groups is 1. The molecule has 196 valence electrons. The first-order valence-electron chi connectivity index (χ1n) is 12.3. The van der Waals surface area contributed by atoms with Crippen molar-refractivity contribution in [2.24, 2.45) is 0 Å². The van der Waals surface area contributed by atoms with Crippen molar-refractivity contribution in [3.8, 4) is 5.75 Å². The third-order valence-electron chi connectivity index (χ3n) is 5.82. The highest BCUT2D eigenvalue weighted by atomic mass is 16.5. The average molecular weight is 517 g/mol. The normalized spacial score (nSPS) is 14.9. The van der Waals surface area contributed by atoms with Crippen LogP contribution >= 0.6 is 0 Å². The SMILES string of the molecule is CCOC(=O)c1cccc(NC(=O)C[C@H]2C(=O)N(c3ccc(OCC)cc3)C(=O)N2Cc2ccccn2)c1. The summed E-state index contributed by atoms with van der Waals surface area (Å²) in [6, 6.07) is 16.6. The van der Waals surface area contributed by atoms with Gasteiger partial charge in [-0.25, -0.2) is 14.5 Å². The van der Waals surface area contributed by atoms with E-state index in [0.717, 1.165) is 4.90 Å². The van der Waals surface area contributed by atoms with E-state index in [1.54, 1.807) is 73.8 Å². The van der Waals surface area contributed by atoms with E-state index in [1.165, 1.54) is 11.0 Å². The fourth-order valence-electron chi connectivity index (χ4n) is 4.10. The van der Waals surface area contributed by atoms with Crippen LogP contribution < -0.4 is 15.0 Å². The molecule has 1 N–H and O–H groups in total. The maximum absolute atomic E-state index is 13.5. The van der Waals surface area contributed by atoms with Crippen LogP contribution in [0.2, 0.25) is 0 Å². The predicted octanol–water partition coefficient (Wildman–Crippen LogP) is 4.02. The third kappa shape index (κ3) is 5.97. The molecule has 1 aliphatic heterocycles. The fourth-order valence-corrected chi connectivity index (χ4v) is 4.10. The molecule has 1 aromatic heterocycles. The van der Waals surface area contributed by atoms with Gasteiger partial charge in [0.1, 0.15) is 11.8 Å². The second kappa shape index (κ2) is 12.0. The van der Waals surface area contributed by atoms with Crippen LogP contribution in [-0.4, -0.2) is 53.0 Å². The van der Waals surface area contributed by atoms with Crippen molar-refractivity contribution in [3.05, 3.63) is 84.2 Å². The number of ether oxygens (including phenoxy) is 2. The molecular formula is C28H28N4O6. The Labute approximate surface area is 220 Å². The van der Waals surface area contributed by atoms with E-state index in [9.17, 15) is 19.2 Å². The summed E-state index contributed by atoms with van der Waals surface area (Å²) in [5, 5.41) is 2.71. The number of hydrogen-bond acceptors (Lipinski definition) is 7. The zero-order chi connectivity index (χ0) is 27.1. The molecule has 0 unspecified atom stereocenters. The monoisotopic (exact) mass is 516 g/mol. The first kappa shape index (κ1) is 26.3. The molecule has 0 bridgehead atoms. The number of hydrogen-bond donors (Lipinski definition) is 1. The van der Waals surface area contributed by atoms with Gasteiger partial charge in [-0.1, -0.05) is 12.1 Å². The maximum Gasteiger partial charge on any atom is 0.338 e. The first-order valence-corrected chi connectivity index (χ1v) is 12.3. The van der Waals surface area contributed by atoms with E-state index in [1.807, 2.05) is 6.92 Å². The number of anilines is 2. The number of carbonyl (C=O) groups is 4. The van der Waals surface area contributed by atoms with Crippen LogP contribution in [0.4, 0.5) is 16.2 Å². The second-order valence-electron chi connectivity index (χ2n) is 8.40. The molecule has 0 radical (unpaired) electrons. The summed E-state index contributed by atoms with van der Waals surface area (Å²) in [5.74, 6) is -0.906. The number of amides is 4. The van der Waals surface area contributed by atoms with Gasteiger partial charge in [0.05, 0.1) is 43.1 Å². The van der Waals surface area contributed by atoms with Crippen molar-refractivity contribution in [1.82, 2.24) is 9.88 Å². The molecule has 1 aliphatic rings. The van der Waals surface area contributed by atoms with Crippen molar-refractivity contribution in [1.29, 1.82) is 0 Å². The molecule has 10 heteroatoms. The zero-order valence-corrected chi connectivity index (χ0v) is 21.1. The highest BCUT2D eigenvalue weighted by Gasteiger charge is 2.46. The number of urea groups is 1. The molecule has 0 saturated carbocycles. The molecule has 1 atom stereocenters. The van der Waals surface area contributed by atoms with Gasteiger partial charge in [0.15, 0.2) is 0 Å².